The van der Waals surface area contributed by atoms with E-state index in [1.807, 2.05) is 0 Å². The van der Waals surface area contributed by atoms with Gasteiger partial charge in [-0.2, -0.15) is 0 Å². The van der Waals surface area contributed by atoms with E-state index < -0.39 is 0 Å². The Morgan fingerprint density at radius 3 is 2.56 bits per heavy atom. The van der Waals surface area contributed by atoms with Gasteiger partial charge >= 0.3 is 0 Å². The summed E-state index contributed by atoms with van der Waals surface area (Å²) in [5.41, 5.74) is 5.86. The van der Waals surface area contributed by atoms with Crippen LogP contribution in [0.3, 0.4) is 0 Å². The van der Waals surface area contributed by atoms with E-state index >= 15 is 0 Å². The number of hydrazine groups is 1. The average Bonchev–Trinajstić information content (AvgIpc) is 2.31. The molecule has 0 bridgehead atoms. The van der Waals surface area contributed by atoms with Gasteiger partial charge in [0.15, 0.2) is 0 Å². The number of aliphatic hydroxyl groups excluding tert-OH is 1. The topological polar surface area (TPSA) is 87.5 Å². The van der Waals surface area contributed by atoms with Gasteiger partial charge in [0, 0.05) is 12.7 Å². The van der Waals surface area contributed by atoms with Crippen LogP contribution in [0.15, 0.2) is 11.9 Å². The summed E-state index contributed by atoms with van der Waals surface area (Å²) in [7, 11) is 0. The third-order valence-electron chi connectivity index (χ3n) is 2.59. The minimum absolute atomic E-state index is 0.144. The van der Waals surface area contributed by atoms with Crippen LogP contribution in [0, 0.1) is 5.92 Å². The molecule has 0 aromatic rings. The van der Waals surface area contributed by atoms with Crippen LogP contribution in [0.25, 0.3) is 0 Å². The monoisotopic (exact) mass is 258 g/mol. The van der Waals surface area contributed by atoms with Gasteiger partial charge in [-0.15, -0.1) is 0 Å². The Balaban J connectivity index is 3.30. The van der Waals surface area contributed by atoms with E-state index in [4.69, 9.17) is 16.7 Å². The first-order valence-corrected chi connectivity index (χ1v) is 6.85. The number of rotatable bonds is 11. The zero-order valence-corrected chi connectivity index (χ0v) is 11.9. The molecule has 0 aliphatic heterocycles. The summed E-state index contributed by atoms with van der Waals surface area (Å²) < 4.78 is 0. The van der Waals surface area contributed by atoms with E-state index in [1.54, 1.807) is 11.2 Å². The van der Waals surface area contributed by atoms with Crippen LogP contribution in [0.2, 0.25) is 0 Å². The smallest absolute Gasteiger partial charge is 0.0840 e. The van der Waals surface area contributed by atoms with Gasteiger partial charge in [-0.1, -0.05) is 26.7 Å². The molecule has 0 spiro atoms. The van der Waals surface area contributed by atoms with Crippen LogP contribution in [0.4, 0.5) is 0 Å². The van der Waals surface area contributed by atoms with Crippen LogP contribution in [0.5, 0.6) is 0 Å². The Morgan fingerprint density at radius 1 is 1.28 bits per heavy atom. The Labute approximate surface area is 111 Å². The number of nitrogens with one attached hydrogen (secondary N) is 1. The fourth-order valence-corrected chi connectivity index (χ4v) is 1.61. The molecule has 18 heavy (non-hydrogen) atoms. The average molecular weight is 258 g/mol. The Morgan fingerprint density at radius 2 is 1.94 bits per heavy atom. The van der Waals surface area contributed by atoms with Crippen molar-refractivity contribution in [2.24, 2.45) is 17.5 Å². The summed E-state index contributed by atoms with van der Waals surface area (Å²) in [6.07, 6.45) is 6.24. The SMILES string of the molecule is CC(C)CNCCCCCCN(N)/C=C(\N)CO. The van der Waals surface area contributed by atoms with E-state index in [0.717, 1.165) is 32.0 Å². The van der Waals surface area contributed by atoms with Crippen molar-refractivity contribution in [1.29, 1.82) is 0 Å². The number of unbranched alkanes of at least 4 members (excludes halogenated alkanes) is 3. The predicted octanol–water partition coefficient (Wildman–Crippen LogP) is 0.761. The molecule has 0 saturated carbocycles. The lowest BCUT2D eigenvalue weighted by atomic mass is 10.2. The van der Waals surface area contributed by atoms with Crippen molar-refractivity contribution in [3.05, 3.63) is 11.9 Å². The van der Waals surface area contributed by atoms with Crippen LogP contribution in [-0.4, -0.2) is 36.4 Å². The molecule has 5 heteroatoms. The molecule has 0 atom stereocenters. The molecule has 0 unspecified atom stereocenters. The summed E-state index contributed by atoms with van der Waals surface area (Å²) >= 11 is 0. The highest BCUT2D eigenvalue weighted by Gasteiger charge is 1.96. The number of hydrogen-bond donors (Lipinski definition) is 4. The molecular weight excluding hydrogens is 228 g/mol. The second kappa shape index (κ2) is 11.3. The van der Waals surface area contributed by atoms with Gasteiger partial charge < -0.3 is 21.2 Å². The minimum atomic E-state index is -0.144. The lowest BCUT2D eigenvalue weighted by Crippen LogP contribution is -2.28. The molecule has 0 aromatic carbocycles. The summed E-state index contributed by atoms with van der Waals surface area (Å²) in [6, 6.07) is 0. The highest BCUT2D eigenvalue weighted by atomic mass is 16.3. The van der Waals surface area contributed by atoms with Crippen molar-refractivity contribution in [2.45, 2.75) is 39.5 Å². The Kier molecular flexibility index (Phi) is 10.8. The number of aliphatic hydroxyl groups is 1. The van der Waals surface area contributed by atoms with Gasteiger partial charge in [-0.3, -0.25) is 0 Å². The first-order chi connectivity index (χ1) is 8.56. The van der Waals surface area contributed by atoms with Crippen molar-refractivity contribution >= 4 is 0 Å². The molecule has 0 heterocycles. The van der Waals surface area contributed by atoms with Crippen LogP contribution in [0.1, 0.15) is 39.5 Å². The van der Waals surface area contributed by atoms with Crippen LogP contribution < -0.4 is 16.9 Å². The van der Waals surface area contributed by atoms with E-state index in [9.17, 15) is 0 Å². The standard InChI is InChI=1S/C13H30N4O/c1-12(2)9-16-7-5-3-4-6-8-17(15)10-13(14)11-18/h10,12,16,18H,3-9,11,14-15H2,1-2H3/b13-10-. The van der Waals surface area contributed by atoms with Crippen molar-refractivity contribution in [3.63, 3.8) is 0 Å². The molecule has 0 rings (SSSR count). The molecule has 0 fully saturated rings. The van der Waals surface area contributed by atoms with Crippen LogP contribution >= 0.6 is 0 Å². The zero-order valence-electron chi connectivity index (χ0n) is 11.9. The highest BCUT2D eigenvalue weighted by Crippen LogP contribution is 2.00. The summed E-state index contributed by atoms with van der Waals surface area (Å²) in [4.78, 5) is 0. The molecule has 0 saturated heterocycles. The first kappa shape index (κ1) is 17.2. The largest absolute Gasteiger partial charge is 0.399 e. The first-order valence-electron chi connectivity index (χ1n) is 6.85. The molecular formula is C13H30N4O. The maximum atomic E-state index is 8.73. The molecule has 108 valence electrons. The van der Waals surface area contributed by atoms with Crippen molar-refractivity contribution in [2.75, 3.05) is 26.2 Å². The summed E-state index contributed by atoms with van der Waals surface area (Å²) in [6.45, 7) is 7.27. The normalized spacial score (nSPS) is 12.2. The van der Waals surface area contributed by atoms with Crippen LogP contribution in [-0.2, 0) is 0 Å². The van der Waals surface area contributed by atoms with E-state index in [0.29, 0.717) is 5.70 Å². The Hall–Kier alpha value is -0.780. The quantitative estimate of drug-likeness (QED) is 0.250. The van der Waals surface area contributed by atoms with Gasteiger partial charge in [0.2, 0.25) is 0 Å². The molecule has 0 amide bonds. The zero-order chi connectivity index (χ0) is 13.8. The lowest BCUT2D eigenvalue weighted by Gasteiger charge is -2.14. The van der Waals surface area contributed by atoms with Gasteiger partial charge in [-0.25, -0.2) is 5.84 Å². The molecule has 5 nitrogen and oxygen atoms in total. The molecule has 0 aliphatic rings. The third-order valence-corrected chi connectivity index (χ3v) is 2.59. The minimum Gasteiger partial charge on any atom is -0.399 e. The number of hydrogen-bond acceptors (Lipinski definition) is 5. The molecule has 0 aromatic heterocycles. The molecule has 6 N–H and O–H groups in total. The second-order valence-electron chi connectivity index (χ2n) is 5.11. The van der Waals surface area contributed by atoms with Crippen molar-refractivity contribution < 1.29 is 5.11 Å². The maximum Gasteiger partial charge on any atom is 0.0840 e. The fourth-order valence-electron chi connectivity index (χ4n) is 1.61. The van der Waals surface area contributed by atoms with Crippen molar-refractivity contribution in [3.8, 4) is 0 Å². The molecule has 0 radical (unpaired) electrons. The number of nitrogens with zero attached hydrogens (tertiary/aromatic N) is 1. The second-order valence-corrected chi connectivity index (χ2v) is 5.11. The summed E-state index contributed by atoms with van der Waals surface area (Å²) in [5, 5.41) is 13.7. The van der Waals surface area contributed by atoms with E-state index in [1.165, 1.54) is 19.3 Å². The predicted molar refractivity (Wildman–Crippen MR) is 76.4 cm³/mol. The summed E-state index contributed by atoms with van der Waals surface area (Å²) in [5.74, 6) is 6.42. The van der Waals surface area contributed by atoms with Gasteiger partial charge in [0.05, 0.1) is 12.3 Å². The van der Waals surface area contributed by atoms with Crippen molar-refractivity contribution in [1.82, 2.24) is 10.3 Å². The third kappa shape index (κ3) is 11.7. The fraction of sp³-hybridized carbons (Fsp3) is 0.846. The lowest BCUT2D eigenvalue weighted by molar-refractivity contribution is 0.317. The van der Waals surface area contributed by atoms with E-state index in [-0.39, 0.29) is 6.61 Å². The molecule has 0 aliphatic carbocycles. The Bertz CT molecular complexity index is 219. The van der Waals surface area contributed by atoms with E-state index in [2.05, 4.69) is 19.2 Å². The maximum absolute atomic E-state index is 8.73. The number of nitrogens with two attached hydrogens (primary N) is 2. The van der Waals surface area contributed by atoms with Gasteiger partial charge in [0.1, 0.15) is 0 Å². The highest BCUT2D eigenvalue weighted by molar-refractivity contribution is 4.94. The van der Waals surface area contributed by atoms with Gasteiger partial charge in [0.25, 0.3) is 0 Å². The van der Waals surface area contributed by atoms with Gasteiger partial charge in [-0.05, 0) is 31.8 Å².